The van der Waals surface area contributed by atoms with Crippen LogP contribution in [0.25, 0.3) is 0 Å². The van der Waals surface area contributed by atoms with E-state index in [1.54, 1.807) is 18.3 Å². The average molecular weight is 282 g/mol. The molecule has 4 nitrogen and oxygen atoms in total. The fourth-order valence-corrected chi connectivity index (χ4v) is 1.70. The average Bonchev–Trinajstić information content (AvgIpc) is 2.34. The number of anilines is 1. The quantitative estimate of drug-likeness (QED) is 0.859. The van der Waals surface area contributed by atoms with E-state index in [0.717, 1.165) is 5.56 Å². The maximum Gasteiger partial charge on any atom is 0.255 e. The summed E-state index contributed by atoms with van der Waals surface area (Å²) in [6.45, 7) is 1.86. The number of carbonyl (C=O) groups is 1. The molecule has 0 radical (unpaired) electrons. The smallest absolute Gasteiger partial charge is 0.255 e. The van der Waals surface area contributed by atoms with Gasteiger partial charge in [0.25, 0.3) is 5.91 Å². The lowest BCUT2D eigenvalue weighted by molar-refractivity contribution is 0.102. The van der Waals surface area contributed by atoms with Crippen LogP contribution in [0.1, 0.15) is 15.9 Å². The molecule has 18 heavy (non-hydrogen) atoms. The Morgan fingerprint density at radius 2 is 2.06 bits per heavy atom. The van der Waals surface area contributed by atoms with Gasteiger partial charge in [0.2, 0.25) is 0 Å². The predicted molar refractivity (Wildman–Crippen MR) is 71.2 cm³/mol. The highest BCUT2D eigenvalue weighted by Crippen LogP contribution is 2.20. The molecule has 0 saturated heterocycles. The molecule has 1 N–H and O–H groups in total. The standard InChI is InChI=1S/C12H9Cl2N3O/c1-7-4-9(11(14)16-6-7)17-12(18)8-2-3-15-10(13)5-8/h2-6H,1H3,(H,17,18). The van der Waals surface area contributed by atoms with Crippen molar-refractivity contribution in [1.29, 1.82) is 0 Å². The van der Waals surface area contributed by atoms with Crippen molar-refractivity contribution in [3.63, 3.8) is 0 Å². The van der Waals surface area contributed by atoms with E-state index in [9.17, 15) is 4.79 Å². The summed E-state index contributed by atoms with van der Waals surface area (Å²) in [4.78, 5) is 19.7. The second-order valence-electron chi connectivity index (χ2n) is 3.67. The summed E-state index contributed by atoms with van der Waals surface area (Å²) >= 11 is 11.6. The Kier molecular flexibility index (Phi) is 3.79. The van der Waals surface area contributed by atoms with E-state index in [0.29, 0.717) is 11.3 Å². The predicted octanol–water partition coefficient (Wildman–Crippen LogP) is 3.34. The number of rotatable bonds is 2. The van der Waals surface area contributed by atoms with Crippen molar-refractivity contribution in [1.82, 2.24) is 9.97 Å². The van der Waals surface area contributed by atoms with Gasteiger partial charge in [0, 0.05) is 18.0 Å². The number of hydrogen-bond acceptors (Lipinski definition) is 3. The molecule has 1 amide bonds. The second-order valence-corrected chi connectivity index (χ2v) is 4.42. The highest BCUT2D eigenvalue weighted by atomic mass is 35.5. The first-order chi connectivity index (χ1) is 8.56. The summed E-state index contributed by atoms with van der Waals surface area (Å²) in [5.41, 5.74) is 1.78. The van der Waals surface area contributed by atoms with Gasteiger partial charge in [-0.15, -0.1) is 0 Å². The van der Waals surface area contributed by atoms with Gasteiger partial charge in [-0.1, -0.05) is 23.2 Å². The maximum atomic E-state index is 11.9. The molecule has 6 heteroatoms. The highest BCUT2D eigenvalue weighted by molar-refractivity contribution is 6.32. The lowest BCUT2D eigenvalue weighted by atomic mass is 10.2. The largest absolute Gasteiger partial charge is 0.319 e. The van der Waals surface area contributed by atoms with Crippen LogP contribution < -0.4 is 5.32 Å². The van der Waals surface area contributed by atoms with Gasteiger partial charge in [0.1, 0.15) is 5.15 Å². The molecule has 0 saturated carbocycles. The number of hydrogen-bond donors (Lipinski definition) is 1. The molecular formula is C12H9Cl2N3O. The minimum absolute atomic E-state index is 0.245. The molecule has 92 valence electrons. The van der Waals surface area contributed by atoms with E-state index >= 15 is 0 Å². The lowest BCUT2D eigenvalue weighted by Gasteiger charge is -2.07. The number of aryl methyl sites for hydroxylation is 1. The number of amides is 1. The Morgan fingerprint density at radius 1 is 1.28 bits per heavy atom. The lowest BCUT2D eigenvalue weighted by Crippen LogP contribution is -2.12. The molecule has 2 aromatic heterocycles. The summed E-state index contributed by atoms with van der Waals surface area (Å²) in [5, 5.41) is 3.18. The molecule has 0 aliphatic heterocycles. The molecule has 0 bridgehead atoms. The van der Waals surface area contributed by atoms with Crippen LogP contribution >= 0.6 is 23.2 Å². The van der Waals surface area contributed by atoms with E-state index in [1.165, 1.54) is 12.3 Å². The number of pyridine rings is 2. The Morgan fingerprint density at radius 3 is 2.78 bits per heavy atom. The van der Waals surface area contributed by atoms with Crippen LogP contribution in [0.3, 0.4) is 0 Å². The molecule has 0 fully saturated rings. The summed E-state index contributed by atoms with van der Waals surface area (Å²) in [5.74, 6) is -0.311. The summed E-state index contributed by atoms with van der Waals surface area (Å²) in [6.07, 6.45) is 3.09. The Labute approximate surface area is 114 Å². The molecule has 2 aromatic rings. The summed E-state index contributed by atoms with van der Waals surface area (Å²) < 4.78 is 0. The fraction of sp³-hybridized carbons (Fsp3) is 0.0833. The zero-order chi connectivity index (χ0) is 13.1. The van der Waals surface area contributed by atoms with Gasteiger partial charge >= 0.3 is 0 Å². The minimum atomic E-state index is -0.311. The van der Waals surface area contributed by atoms with Crippen LogP contribution in [0.5, 0.6) is 0 Å². The van der Waals surface area contributed by atoms with Crippen LogP contribution in [0.15, 0.2) is 30.6 Å². The Hall–Kier alpha value is -1.65. The van der Waals surface area contributed by atoms with Crippen LogP contribution in [0, 0.1) is 6.92 Å². The van der Waals surface area contributed by atoms with Crippen molar-refractivity contribution >= 4 is 34.8 Å². The van der Waals surface area contributed by atoms with Crippen molar-refractivity contribution in [2.45, 2.75) is 6.92 Å². The first-order valence-electron chi connectivity index (χ1n) is 5.11. The minimum Gasteiger partial charge on any atom is -0.319 e. The van der Waals surface area contributed by atoms with Gasteiger partial charge < -0.3 is 5.32 Å². The number of nitrogens with one attached hydrogen (secondary N) is 1. The fourth-order valence-electron chi connectivity index (χ4n) is 1.38. The second kappa shape index (κ2) is 5.33. The van der Waals surface area contributed by atoms with Gasteiger partial charge in [-0.3, -0.25) is 4.79 Å². The van der Waals surface area contributed by atoms with Gasteiger partial charge in [0.05, 0.1) is 5.69 Å². The third-order valence-corrected chi connectivity index (χ3v) is 2.72. The van der Waals surface area contributed by atoms with E-state index in [2.05, 4.69) is 15.3 Å². The monoisotopic (exact) mass is 281 g/mol. The topological polar surface area (TPSA) is 54.9 Å². The van der Waals surface area contributed by atoms with Crippen molar-refractivity contribution in [3.05, 3.63) is 52.0 Å². The van der Waals surface area contributed by atoms with Crippen molar-refractivity contribution in [2.24, 2.45) is 0 Å². The van der Waals surface area contributed by atoms with Crippen LogP contribution in [-0.4, -0.2) is 15.9 Å². The van der Waals surface area contributed by atoms with Crippen LogP contribution in [0.2, 0.25) is 10.3 Å². The molecule has 2 rings (SSSR count). The molecular weight excluding hydrogens is 273 g/mol. The number of nitrogens with zero attached hydrogens (tertiary/aromatic N) is 2. The summed E-state index contributed by atoms with van der Waals surface area (Å²) in [7, 11) is 0. The molecule has 0 aromatic carbocycles. The van der Waals surface area contributed by atoms with E-state index in [4.69, 9.17) is 23.2 Å². The Bertz CT molecular complexity index is 602. The summed E-state index contributed by atoms with van der Waals surface area (Å²) in [6, 6.07) is 4.79. The van der Waals surface area contributed by atoms with Gasteiger partial charge in [-0.05, 0) is 30.7 Å². The molecule has 0 spiro atoms. The van der Waals surface area contributed by atoms with E-state index in [1.807, 2.05) is 6.92 Å². The number of aromatic nitrogens is 2. The highest BCUT2D eigenvalue weighted by Gasteiger charge is 2.10. The first-order valence-corrected chi connectivity index (χ1v) is 5.87. The van der Waals surface area contributed by atoms with E-state index < -0.39 is 0 Å². The van der Waals surface area contributed by atoms with Crippen molar-refractivity contribution in [2.75, 3.05) is 5.32 Å². The SMILES string of the molecule is Cc1cnc(Cl)c(NC(=O)c2ccnc(Cl)c2)c1. The van der Waals surface area contributed by atoms with Gasteiger partial charge in [0.15, 0.2) is 5.15 Å². The number of carbonyl (C=O) groups excluding carboxylic acids is 1. The van der Waals surface area contributed by atoms with Crippen LogP contribution in [0.4, 0.5) is 5.69 Å². The Balaban J connectivity index is 2.24. The van der Waals surface area contributed by atoms with Crippen LogP contribution in [-0.2, 0) is 0 Å². The van der Waals surface area contributed by atoms with Crippen molar-refractivity contribution in [3.8, 4) is 0 Å². The number of halogens is 2. The molecule has 0 unspecified atom stereocenters. The molecule has 2 heterocycles. The third kappa shape index (κ3) is 2.97. The van der Waals surface area contributed by atoms with Crippen molar-refractivity contribution < 1.29 is 4.79 Å². The third-order valence-electron chi connectivity index (χ3n) is 2.21. The normalized spacial score (nSPS) is 10.2. The molecule has 0 atom stereocenters. The zero-order valence-electron chi connectivity index (χ0n) is 9.45. The van der Waals surface area contributed by atoms with E-state index in [-0.39, 0.29) is 16.2 Å². The molecule has 0 aliphatic rings. The van der Waals surface area contributed by atoms with Gasteiger partial charge in [-0.25, -0.2) is 9.97 Å². The molecule has 0 aliphatic carbocycles. The first kappa shape index (κ1) is 12.8. The zero-order valence-corrected chi connectivity index (χ0v) is 11.0. The van der Waals surface area contributed by atoms with Gasteiger partial charge in [-0.2, -0.15) is 0 Å². The maximum absolute atomic E-state index is 11.9.